The molecule has 0 saturated heterocycles. The van der Waals surface area contributed by atoms with Gasteiger partial charge in [-0.25, -0.2) is 0 Å². The molecule has 0 unspecified atom stereocenters. The van der Waals surface area contributed by atoms with Gasteiger partial charge in [0.05, 0.1) is 0 Å². The maximum atomic E-state index is 12.5. The van der Waals surface area contributed by atoms with Gasteiger partial charge in [0.1, 0.15) is 0 Å². The second kappa shape index (κ2) is 5.39. The molecular weight excluding hydrogens is 240 g/mol. The number of benzene rings is 1. The zero-order valence-corrected chi connectivity index (χ0v) is 11.2. The Balaban J connectivity index is 2.31. The molecule has 0 N–H and O–H groups in total. The summed E-state index contributed by atoms with van der Waals surface area (Å²) in [5.41, 5.74) is 2.75. The maximum Gasteiger partial charge on any atom is 0.166 e. The van der Waals surface area contributed by atoms with Gasteiger partial charge in [0.2, 0.25) is 0 Å². The van der Waals surface area contributed by atoms with Crippen LogP contribution in [0.25, 0.3) is 0 Å². The topological polar surface area (TPSA) is 57.2 Å². The van der Waals surface area contributed by atoms with Gasteiger partial charge in [-0.1, -0.05) is 41.5 Å². The Bertz CT molecular complexity index is 528. The van der Waals surface area contributed by atoms with Crippen LogP contribution in [0.3, 0.4) is 0 Å². The highest BCUT2D eigenvalue weighted by atomic mass is 16.4. The van der Waals surface area contributed by atoms with Crippen LogP contribution in [-0.4, -0.2) is 11.8 Å². The quantitative estimate of drug-likeness (QED) is 0.614. The monoisotopic (exact) mass is 257 g/mol. The fraction of sp³-hybridized carbons (Fsp3) is 0.375. The number of carboxylic acids is 1. The van der Waals surface area contributed by atoms with Crippen molar-refractivity contribution in [1.82, 2.24) is 0 Å². The number of aliphatic carboxylic acids is 1. The SMILES string of the molecule is CC1=C(C)C[C@@H](C(=O)[O-])[C@@H](C(=O)c2ccccc2)C1. The molecule has 0 amide bonds. The first-order chi connectivity index (χ1) is 9.00. The van der Waals surface area contributed by atoms with Crippen LogP contribution in [0.15, 0.2) is 41.5 Å². The van der Waals surface area contributed by atoms with Crippen molar-refractivity contribution in [1.29, 1.82) is 0 Å². The first-order valence-corrected chi connectivity index (χ1v) is 6.46. The molecule has 2 rings (SSSR count). The van der Waals surface area contributed by atoms with E-state index in [1.165, 1.54) is 0 Å². The van der Waals surface area contributed by atoms with Gasteiger partial charge in [-0.15, -0.1) is 0 Å². The van der Waals surface area contributed by atoms with Gasteiger partial charge < -0.3 is 9.90 Å². The van der Waals surface area contributed by atoms with Crippen LogP contribution >= 0.6 is 0 Å². The molecule has 3 nitrogen and oxygen atoms in total. The van der Waals surface area contributed by atoms with Crippen molar-refractivity contribution in [2.75, 3.05) is 0 Å². The van der Waals surface area contributed by atoms with Crippen molar-refractivity contribution in [2.24, 2.45) is 11.8 Å². The summed E-state index contributed by atoms with van der Waals surface area (Å²) in [5.74, 6) is -2.43. The van der Waals surface area contributed by atoms with Crippen LogP contribution in [0.4, 0.5) is 0 Å². The fourth-order valence-corrected chi connectivity index (χ4v) is 2.63. The largest absolute Gasteiger partial charge is 0.550 e. The van der Waals surface area contributed by atoms with Gasteiger partial charge in [-0.3, -0.25) is 4.79 Å². The normalized spacial score (nSPS) is 23.3. The van der Waals surface area contributed by atoms with E-state index in [2.05, 4.69) is 0 Å². The van der Waals surface area contributed by atoms with Crippen LogP contribution in [-0.2, 0) is 4.79 Å². The van der Waals surface area contributed by atoms with E-state index in [9.17, 15) is 14.7 Å². The van der Waals surface area contributed by atoms with Crippen LogP contribution in [0.1, 0.15) is 37.0 Å². The first kappa shape index (κ1) is 13.5. The van der Waals surface area contributed by atoms with Crippen molar-refractivity contribution in [3.63, 3.8) is 0 Å². The Hall–Kier alpha value is -1.90. The van der Waals surface area contributed by atoms with Crippen molar-refractivity contribution in [2.45, 2.75) is 26.7 Å². The van der Waals surface area contributed by atoms with Crippen molar-refractivity contribution in [3.05, 3.63) is 47.0 Å². The molecule has 19 heavy (non-hydrogen) atoms. The average Bonchev–Trinajstić information content (AvgIpc) is 2.41. The van der Waals surface area contributed by atoms with E-state index in [4.69, 9.17) is 0 Å². The Morgan fingerprint density at radius 3 is 2.05 bits per heavy atom. The Morgan fingerprint density at radius 1 is 1.00 bits per heavy atom. The Labute approximate surface area is 113 Å². The minimum absolute atomic E-state index is 0.0957. The lowest BCUT2D eigenvalue weighted by Gasteiger charge is -2.32. The van der Waals surface area contributed by atoms with Crippen molar-refractivity contribution < 1.29 is 14.7 Å². The van der Waals surface area contributed by atoms with Gasteiger partial charge in [0.25, 0.3) is 0 Å². The molecule has 0 saturated carbocycles. The minimum atomic E-state index is -1.12. The van der Waals surface area contributed by atoms with E-state index >= 15 is 0 Å². The van der Waals surface area contributed by atoms with E-state index in [0.717, 1.165) is 11.1 Å². The molecule has 1 aliphatic carbocycles. The number of ketones is 1. The molecular formula is C16H17O3-. The summed E-state index contributed by atoms with van der Waals surface area (Å²) < 4.78 is 0. The maximum absolute atomic E-state index is 12.5. The van der Waals surface area contributed by atoms with Gasteiger partial charge in [-0.2, -0.15) is 0 Å². The lowest BCUT2D eigenvalue weighted by atomic mass is 9.73. The molecule has 0 fully saturated rings. The molecule has 0 bridgehead atoms. The highest BCUT2D eigenvalue weighted by Gasteiger charge is 2.33. The van der Waals surface area contributed by atoms with E-state index < -0.39 is 17.8 Å². The Kier molecular flexibility index (Phi) is 3.84. The smallest absolute Gasteiger partial charge is 0.166 e. The molecule has 1 aliphatic rings. The summed E-state index contributed by atoms with van der Waals surface area (Å²) >= 11 is 0. The number of carbonyl (C=O) groups excluding carboxylic acids is 2. The number of rotatable bonds is 3. The summed E-state index contributed by atoms with van der Waals surface area (Å²) in [7, 11) is 0. The fourth-order valence-electron chi connectivity index (χ4n) is 2.63. The van der Waals surface area contributed by atoms with Gasteiger partial charge in [0.15, 0.2) is 5.78 Å². The number of hydrogen-bond acceptors (Lipinski definition) is 3. The van der Waals surface area contributed by atoms with E-state index in [1.54, 1.807) is 24.3 Å². The van der Waals surface area contributed by atoms with Crippen LogP contribution in [0.5, 0.6) is 0 Å². The molecule has 0 aliphatic heterocycles. The summed E-state index contributed by atoms with van der Waals surface area (Å²) in [6.45, 7) is 3.89. The average molecular weight is 257 g/mol. The number of carbonyl (C=O) groups is 2. The number of carboxylic acid groups (broad SMARTS) is 1. The third-order valence-corrected chi connectivity index (χ3v) is 3.96. The molecule has 0 heterocycles. The van der Waals surface area contributed by atoms with Crippen molar-refractivity contribution in [3.8, 4) is 0 Å². The predicted molar refractivity (Wildman–Crippen MR) is 70.4 cm³/mol. The second-order valence-corrected chi connectivity index (χ2v) is 5.23. The summed E-state index contributed by atoms with van der Waals surface area (Å²) in [5, 5.41) is 11.3. The molecule has 0 spiro atoms. The number of allylic oxidation sites excluding steroid dienone is 2. The van der Waals surface area contributed by atoms with E-state index in [1.807, 2.05) is 19.9 Å². The number of Topliss-reactive ketones (excluding diaryl/α,β-unsaturated/α-hetero) is 1. The van der Waals surface area contributed by atoms with Gasteiger partial charge >= 0.3 is 0 Å². The zero-order chi connectivity index (χ0) is 14.0. The minimum Gasteiger partial charge on any atom is -0.550 e. The second-order valence-electron chi connectivity index (χ2n) is 5.23. The van der Waals surface area contributed by atoms with E-state index in [-0.39, 0.29) is 5.78 Å². The Morgan fingerprint density at radius 2 is 1.53 bits per heavy atom. The third kappa shape index (κ3) is 2.75. The summed E-state index contributed by atoms with van der Waals surface area (Å²) in [6.07, 6.45) is 0.926. The summed E-state index contributed by atoms with van der Waals surface area (Å²) in [4.78, 5) is 23.7. The van der Waals surface area contributed by atoms with Crippen molar-refractivity contribution >= 4 is 11.8 Å². The van der Waals surface area contributed by atoms with Crippen LogP contribution < -0.4 is 5.11 Å². The standard InChI is InChI=1S/C16H18O3/c1-10-8-13(14(16(18)19)9-11(10)2)15(17)12-6-4-3-5-7-12/h3-7,13-14H,8-9H2,1-2H3,(H,18,19)/p-1/t13-,14+/m0/s1. The summed E-state index contributed by atoms with van der Waals surface area (Å²) in [6, 6.07) is 8.88. The molecule has 2 atom stereocenters. The third-order valence-electron chi connectivity index (χ3n) is 3.96. The van der Waals surface area contributed by atoms with Gasteiger partial charge in [-0.05, 0) is 26.7 Å². The molecule has 0 radical (unpaired) electrons. The van der Waals surface area contributed by atoms with Gasteiger partial charge in [0, 0.05) is 23.4 Å². The van der Waals surface area contributed by atoms with Crippen LogP contribution in [0, 0.1) is 11.8 Å². The molecule has 0 aromatic heterocycles. The lowest BCUT2D eigenvalue weighted by molar-refractivity contribution is -0.313. The zero-order valence-electron chi connectivity index (χ0n) is 11.2. The molecule has 1 aromatic carbocycles. The number of hydrogen-bond donors (Lipinski definition) is 0. The first-order valence-electron chi connectivity index (χ1n) is 6.46. The highest BCUT2D eigenvalue weighted by Crippen LogP contribution is 2.35. The molecule has 1 aromatic rings. The lowest BCUT2D eigenvalue weighted by Crippen LogP contribution is -2.41. The van der Waals surface area contributed by atoms with E-state index in [0.29, 0.717) is 18.4 Å². The predicted octanol–water partition coefficient (Wildman–Crippen LogP) is 1.98. The molecule has 3 heteroatoms. The van der Waals surface area contributed by atoms with Crippen LogP contribution in [0.2, 0.25) is 0 Å². The highest BCUT2D eigenvalue weighted by molar-refractivity contribution is 6.00. The molecule has 100 valence electrons.